The molecule has 3 aromatic rings. The molecule has 1 heterocycles. The lowest BCUT2D eigenvalue weighted by atomic mass is 10.1. The van der Waals surface area contributed by atoms with E-state index in [0.29, 0.717) is 38.3 Å². The molecule has 0 aromatic heterocycles. The fourth-order valence-corrected chi connectivity index (χ4v) is 3.73. The van der Waals surface area contributed by atoms with Crippen LogP contribution in [0.5, 0.6) is 11.5 Å². The van der Waals surface area contributed by atoms with Crippen LogP contribution in [-0.2, 0) is 6.61 Å². The Kier molecular flexibility index (Phi) is 7.37. The van der Waals surface area contributed by atoms with Crippen LogP contribution < -0.4 is 9.47 Å². The van der Waals surface area contributed by atoms with Crippen LogP contribution in [0.15, 0.2) is 78.9 Å². The van der Waals surface area contributed by atoms with Gasteiger partial charge in [-0.05, 0) is 42.0 Å². The SMILES string of the molecule is O=C(c1ccc(COc2ccccc2)cc1)N1CCN(C(=O)c2ccccc2OC(F)F)CC1. The van der Waals surface area contributed by atoms with Crippen LogP contribution in [0.1, 0.15) is 26.3 Å². The summed E-state index contributed by atoms with van der Waals surface area (Å²) in [5.41, 5.74) is 1.58. The molecule has 8 heteroatoms. The smallest absolute Gasteiger partial charge is 0.387 e. The maximum Gasteiger partial charge on any atom is 0.387 e. The van der Waals surface area contributed by atoms with Crippen molar-refractivity contribution in [1.82, 2.24) is 9.80 Å². The quantitative estimate of drug-likeness (QED) is 0.516. The summed E-state index contributed by atoms with van der Waals surface area (Å²) in [5.74, 6) is 0.103. The van der Waals surface area contributed by atoms with Crippen molar-refractivity contribution in [2.24, 2.45) is 0 Å². The van der Waals surface area contributed by atoms with Gasteiger partial charge in [0.15, 0.2) is 0 Å². The second kappa shape index (κ2) is 10.8. The Bertz CT molecular complexity index is 1120. The Labute approximate surface area is 196 Å². The standard InChI is InChI=1S/C26H24F2N2O4/c27-26(28)34-23-9-5-4-8-22(23)25(32)30-16-14-29(15-17-30)24(31)20-12-10-19(11-13-20)18-33-21-6-2-1-3-7-21/h1-13,26H,14-18H2. The minimum absolute atomic E-state index is 0.0795. The summed E-state index contributed by atoms with van der Waals surface area (Å²) in [4.78, 5) is 29.0. The Morgan fingerprint density at radius 3 is 2.00 bits per heavy atom. The van der Waals surface area contributed by atoms with Crippen LogP contribution in [0.3, 0.4) is 0 Å². The van der Waals surface area contributed by atoms with Gasteiger partial charge < -0.3 is 19.3 Å². The number of amides is 2. The third kappa shape index (κ3) is 5.70. The van der Waals surface area contributed by atoms with Gasteiger partial charge in [-0.25, -0.2) is 0 Å². The molecule has 0 saturated carbocycles. The zero-order valence-electron chi connectivity index (χ0n) is 18.4. The van der Waals surface area contributed by atoms with Crippen LogP contribution >= 0.6 is 0 Å². The summed E-state index contributed by atoms with van der Waals surface area (Å²) in [6.45, 7) is -1.31. The number of hydrogen-bond donors (Lipinski definition) is 0. The van der Waals surface area contributed by atoms with E-state index in [9.17, 15) is 18.4 Å². The Morgan fingerprint density at radius 2 is 1.35 bits per heavy atom. The molecule has 0 unspecified atom stereocenters. The first-order valence-electron chi connectivity index (χ1n) is 10.9. The van der Waals surface area contributed by atoms with Gasteiger partial charge in [-0.15, -0.1) is 0 Å². The van der Waals surface area contributed by atoms with Crippen molar-refractivity contribution in [2.45, 2.75) is 13.2 Å². The van der Waals surface area contributed by atoms with E-state index in [4.69, 9.17) is 4.74 Å². The summed E-state index contributed by atoms with van der Waals surface area (Å²) in [7, 11) is 0. The third-order valence-corrected chi connectivity index (χ3v) is 5.54. The lowest BCUT2D eigenvalue weighted by Gasteiger charge is -2.35. The molecule has 1 aliphatic heterocycles. The van der Waals surface area contributed by atoms with Gasteiger partial charge >= 0.3 is 6.61 Å². The number of rotatable bonds is 7. The molecule has 3 aromatic carbocycles. The van der Waals surface area contributed by atoms with Gasteiger partial charge in [-0.1, -0.05) is 42.5 Å². The number of benzene rings is 3. The summed E-state index contributed by atoms with van der Waals surface area (Å²) >= 11 is 0. The van der Waals surface area contributed by atoms with E-state index in [1.807, 2.05) is 42.5 Å². The number of para-hydroxylation sites is 2. The van der Waals surface area contributed by atoms with Crippen molar-refractivity contribution < 1.29 is 27.8 Å². The highest BCUT2D eigenvalue weighted by atomic mass is 19.3. The van der Waals surface area contributed by atoms with Gasteiger partial charge in [0.2, 0.25) is 0 Å². The topological polar surface area (TPSA) is 59.1 Å². The average Bonchev–Trinajstić information content (AvgIpc) is 2.88. The molecule has 2 amide bonds. The molecule has 0 bridgehead atoms. The average molecular weight is 466 g/mol. The molecular weight excluding hydrogens is 442 g/mol. The molecule has 1 saturated heterocycles. The molecular formula is C26H24F2N2O4. The maximum atomic E-state index is 12.9. The van der Waals surface area contributed by atoms with E-state index in [1.54, 1.807) is 28.0 Å². The number of carbonyl (C=O) groups excluding carboxylic acids is 2. The number of piperazine rings is 1. The lowest BCUT2D eigenvalue weighted by molar-refractivity contribution is -0.0503. The second-order valence-corrected chi connectivity index (χ2v) is 7.76. The highest BCUT2D eigenvalue weighted by molar-refractivity contribution is 5.97. The van der Waals surface area contributed by atoms with E-state index in [-0.39, 0.29) is 17.2 Å². The molecule has 0 aliphatic carbocycles. The maximum absolute atomic E-state index is 12.9. The van der Waals surface area contributed by atoms with Crippen LogP contribution in [0, 0.1) is 0 Å². The molecule has 34 heavy (non-hydrogen) atoms. The molecule has 0 spiro atoms. The number of halogens is 2. The van der Waals surface area contributed by atoms with E-state index in [0.717, 1.165) is 11.3 Å². The summed E-state index contributed by atoms with van der Waals surface area (Å²) in [5, 5.41) is 0. The summed E-state index contributed by atoms with van der Waals surface area (Å²) in [6, 6.07) is 22.7. The second-order valence-electron chi connectivity index (χ2n) is 7.76. The van der Waals surface area contributed by atoms with Crippen molar-refractivity contribution in [3.05, 3.63) is 95.6 Å². The van der Waals surface area contributed by atoms with Gasteiger partial charge in [0.25, 0.3) is 11.8 Å². The molecule has 6 nitrogen and oxygen atoms in total. The number of nitrogens with zero attached hydrogens (tertiary/aromatic N) is 2. The predicted octanol–water partition coefficient (Wildman–Crippen LogP) is 4.47. The highest BCUT2D eigenvalue weighted by Crippen LogP contribution is 2.23. The monoisotopic (exact) mass is 466 g/mol. The van der Waals surface area contributed by atoms with Crippen LogP contribution in [0.25, 0.3) is 0 Å². The van der Waals surface area contributed by atoms with E-state index in [1.165, 1.54) is 18.2 Å². The first-order chi connectivity index (χ1) is 16.5. The summed E-state index contributed by atoms with van der Waals surface area (Å²) < 4.78 is 35.5. The normalized spacial score (nSPS) is 13.6. The third-order valence-electron chi connectivity index (χ3n) is 5.54. The zero-order chi connectivity index (χ0) is 23.9. The van der Waals surface area contributed by atoms with Gasteiger partial charge in [0, 0.05) is 31.7 Å². The van der Waals surface area contributed by atoms with Crippen molar-refractivity contribution in [3.8, 4) is 11.5 Å². The Balaban J connectivity index is 1.32. The van der Waals surface area contributed by atoms with Crippen molar-refractivity contribution in [1.29, 1.82) is 0 Å². The van der Waals surface area contributed by atoms with Crippen LogP contribution in [0.4, 0.5) is 8.78 Å². The lowest BCUT2D eigenvalue weighted by Crippen LogP contribution is -2.50. The minimum Gasteiger partial charge on any atom is -0.489 e. The molecule has 0 radical (unpaired) electrons. The number of alkyl halides is 2. The highest BCUT2D eigenvalue weighted by Gasteiger charge is 2.27. The molecule has 0 N–H and O–H groups in total. The van der Waals surface area contributed by atoms with Gasteiger partial charge in [-0.2, -0.15) is 8.78 Å². The van der Waals surface area contributed by atoms with Gasteiger partial charge in [0.05, 0.1) is 5.56 Å². The van der Waals surface area contributed by atoms with Crippen LogP contribution in [0.2, 0.25) is 0 Å². The first kappa shape index (κ1) is 23.2. The van der Waals surface area contributed by atoms with E-state index in [2.05, 4.69) is 4.74 Å². The Morgan fingerprint density at radius 1 is 0.765 bits per heavy atom. The first-order valence-corrected chi connectivity index (χ1v) is 10.9. The fraction of sp³-hybridized carbons (Fsp3) is 0.231. The number of hydrogen-bond acceptors (Lipinski definition) is 4. The molecule has 1 fully saturated rings. The largest absolute Gasteiger partial charge is 0.489 e. The van der Waals surface area contributed by atoms with E-state index < -0.39 is 12.5 Å². The number of ether oxygens (including phenoxy) is 2. The van der Waals surface area contributed by atoms with Gasteiger partial charge in [0.1, 0.15) is 18.1 Å². The minimum atomic E-state index is -3.01. The molecule has 4 rings (SSSR count). The molecule has 176 valence electrons. The van der Waals surface area contributed by atoms with Crippen molar-refractivity contribution in [2.75, 3.05) is 26.2 Å². The zero-order valence-corrected chi connectivity index (χ0v) is 18.4. The molecule has 0 atom stereocenters. The van der Waals surface area contributed by atoms with Gasteiger partial charge in [-0.3, -0.25) is 9.59 Å². The van der Waals surface area contributed by atoms with E-state index >= 15 is 0 Å². The van der Waals surface area contributed by atoms with Crippen molar-refractivity contribution in [3.63, 3.8) is 0 Å². The Hall–Kier alpha value is -3.94. The summed E-state index contributed by atoms with van der Waals surface area (Å²) in [6.07, 6.45) is 0. The number of carbonyl (C=O) groups is 2. The predicted molar refractivity (Wildman–Crippen MR) is 122 cm³/mol. The van der Waals surface area contributed by atoms with Crippen molar-refractivity contribution >= 4 is 11.8 Å². The molecule has 1 aliphatic rings. The van der Waals surface area contributed by atoms with Crippen LogP contribution in [-0.4, -0.2) is 54.4 Å². The fourth-order valence-electron chi connectivity index (χ4n) is 3.73.